The lowest BCUT2D eigenvalue weighted by Gasteiger charge is -2.31. The van der Waals surface area contributed by atoms with Crippen LogP contribution in [0.2, 0.25) is 0 Å². The van der Waals surface area contributed by atoms with Gasteiger partial charge in [0.1, 0.15) is 12.4 Å². The van der Waals surface area contributed by atoms with Crippen molar-refractivity contribution in [2.45, 2.75) is 6.18 Å². The second-order valence-corrected chi connectivity index (χ2v) is 6.66. The Balaban J connectivity index is 2.03. The molecular weight excluding hydrogens is 413 g/mol. The highest BCUT2D eigenvalue weighted by Gasteiger charge is 2.35. The Kier molecular flexibility index (Phi) is 5.89. The van der Waals surface area contributed by atoms with Crippen LogP contribution in [0.25, 0.3) is 11.3 Å². The summed E-state index contributed by atoms with van der Waals surface area (Å²) < 4.78 is 53.4. The predicted molar refractivity (Wildman–Crippen MR) is 96.9 cm³/mol. The molecule has 0 N–H and O–H groups in total. The Morgan fingerprint density at radius 1 is 1.21 bits per heavy atom. The van der Waals surface area contributed by atoms with Gasteiger partial charge in [0.05, 0.1) is 32.1 Å². The smallest absolute Gasteiger partial charge is 0.443 e. The molecule has 1 aliphatic rings. The molecule has 0 unspecified atom stereocenters. The SMILES string of the molecule is COC(=O)C1=C(C(=O)OC)N(c2cccc(-c3csc(C(F)(F)F)n3)c2)COC1. The first-order chi connectivity index (χ1) is 13.8. The van der Waals surface area contributed by atoms with Gasteiger partial charge in [0.2, 0.25) is 0 Å². The Morgan fingerprint density at radius 3 is 2.55 bits per heavy atom. The van der Waals surface area contributed by atoms with Crippen LogP contribution in [0.5, 0.6) is 0 Å². The maximum Gasteiger partial charge on any atom is 0.443 e. The number of carbonyl (C=O) groups excluding carboxylic acids is 2. The molecule has 0 aliphatic carbocycles. The molecule has 0 spiro atoms. The number of esters is 2. The number of hydrogen-bond donors (Lipinski definition) is 0. The summed E-state index contributed by atoms with van der Waals surface area (Å²) in [6, 6.07) is 6.35. The lowest BCUT2D eigenvalue weighted by Crippen LogP contribution is -2.38. The molecule has 2 aromatic rings. The van der Waals surface area contributed by atoms with Crippen LogP contribution in [-0.2, 0) is 30.0 Å². The van der Waals surface area contributed by atoms with Gasteiger partial charge in [-0.25, -0.2) is 14.6 Å². The van der Waals surface area contributed by atoms with Crippen molar-refractivity contribution in [3.8, 4) is 11.3 Å². The first-order valence-electron chi connectivity index (χ1n) is 8.14. The fourth-order valence-corrected chi connectivity index (χ4v) is 3.41. The van der Waals surface area contributed by atoms with E-state index >= 15 is 0 Å². The van der Waals surface area contributed by atoms with Crippen LogP contribution in [0.1, 0.15) is 5.01 Å². The van der Waals surface area contributed by atoms with Crippen LogP contribution in [0.15, 0.2) is 40.9 Å². The van der Waals surface area contributed by atoms with Gasteiger partial charge in [-0.05, 0) is 12.1 Å². The molecular formula is C18H15F3N2O5S. The van der Waals surface area contributed by atoms with Crippen LogP contribution in [0, 0.1) is 0 Å². The van der Waals surface area contributed by atoms with Crippen molar-refractivity contribution in [2.75, 3.05) is 32.5 Å². The highest BCUT2D eigenvalue weighted by Crippen LogP contribution is 2.35. The first-order valence-corrected chi connectivity index (χ1v) is 9.02. The summed E-state index contributed by atoms with van der Waals surface area (Å²) in [7, 11) is 2.34. The molecule has 154 valence electrons. The normalized spacial score (nSPS) is 14.7. The molecule has 1 aromatic carbocycles. The molecule has 1 aromatic heterocycles. The number of thiazole rings is 1. The van der Waals surface area contributed by atoms with E-state index in [4.69, 9.17) is 14.2 Å². The lowest BCUT2D eigenvalue weighted by molar-refractivity contribution is -0.140. The Hall–Kier alpha value is -2.92. The number of alkyl halides is 3. The fourth-order valence-electron chi connectivity index (χ4n) is 2.72. The number of carbonyl (C=O) groups is 2. The molecule has 11 heteroatoms. The summed E-state index contributed by atoms with van der Waals surface area (Å²) in [4.78, 5) is 29.4. The maximum atomic E-state index is 12.8. The molecule has 2 heterocycles. The van der Waals surface area contributed by atoms with E-state index in [-0.39, 0.29) is 30.3 Å². The maximum absolute atomic E-state index is 12.8. The van der Waals surface area contributed by atoms with Crippen LogP contribution >= 0.6 is 11.3 Å². The average molecular weight is 428 g/mol. The van der Waals surface area contributed by atoms with E-state index in [1.807, 2.05) is 0 Å². The Morgan fingerprint density at radius 2 is 1.93 bits per heavy atom. The number of ether oxygens (including phenoxy) is 3. The number of hydrogen-bond acceptors (Lipinski definition) is 8. The molecule has 0 saturated heterocycles. The van der Waals surface area contributed by atoms with Crippen molar-refractivity contribution in [1.82, 2.24) is 4.98 Å². The summed E-state index contributed by atoms with van der Waals surface area (Å²) in [5.74, 6) is -1.52. The third-order valence-corrected chi connectivity index (χ3v) is 4.92. The van der Waals surface area contributed by atoms with Crippen LogP contribution in [0.3, 0.4) is 0 Å². The van der Waals surface area contributed by atoms with Crippen LogP contribution in [-0.4, -0.2) is 44.5 Å². The summed E-state index contributed by atoms with van der Waals surface area (Å²) in [6.07, 6.45) is -4.53. The number of nitrogens with zero attached hydrogens (tertiary/aromatic N) is 2. The fraction of sp³-hybridized carbons (Fsp3) is 0.278. The van der Waals surface area contributed by atoms with Gasteiger partial charge in [-0.15, -0.1) is 11.3 Å². The molecule has 0 fully saturated rings. The Labute approximate surface area is 167 Å². The van der Waals surface area contributed by atoms with Crippen molar-refractivity contribution in [1.29, 1.82) is 0 Å². The zero-order chi connectivity index (χ0) is 21.2. The molecule has 29 heavy (non-hydrogen) atoms. The van der Waals surface area contributed by atoms with E-state index in [0.717, 1.165) is 0 Å². The summed E-state index contributed by atoms with van der Waals surface area (Å²) in [6.45, 7) is -0.215. The monoisotopic (exact) mass is 428 g/mol. The second-order valence-electron chi connectivity index (χ2n) is 5.80. The van der Waals surface area contributed by atoms with Gasteiger partial charge in [-0.3, -0.25) is 0 Å². The summed E-state index contributed by atoms with van der Waals surface area (Å²) in [5.41, 5.74) is 0.870. The molecule has 0 bridgehead atoms. The van der Waals surface area contributed by atoms with Crippen molar-refractivity contribution < 1.29 is 37.0 Å². The topological polar surface area (TPSA) is 78.0 Å². The lowest BCUT2D eigenvalue weighted by atomic mass is 10.1. The Bertz CT molecular complexity index is 970. The number of anilines is 1. The van der Waals surface area contributed by atoms with Crippen molar-refractivity contribution >= 4 is 29.0 Å². The van der Waals surface area contributed by atoms with Crippen LogP contribution < -0.4 is 4.90 Å². The zero-order valence-electron chi connectivity index (χ0n) is 15.3. The van der Waals surface area contributed by atoms with Gasteiger partial charge in [0, 0.05) is 16.6 Å². The third kappa shape index (κ3) is 4.25. The van der Waals surface area contributed by atoms with Gasteiger partial charge in [-0.1, -0.05) is 12.1 Å². The minimum Gasteiger partial charge on any atom is -0.466 e. The molecule has 0 amide bonds. The first kappa shape index (κ1) is 20.8. The van der Waals surface area contributed by atoms with E-state index in [0.29, 0.717) is 22.6 Å². The van der Waals surface area contributed by atoms with E-state index in [1.165, 1.54) is 24.5 Å². The van der Waals surface area contributed by atoms with Gasteiger partial charge in [-0.2, -0.15) is 13.2 Å². The molecule has 3 rings (SSSR count). The number of halogens is 3. The third-order valence-electron chi connectivity index (χ3n) is 4.03. The molecule has 0 radical (unpaired) electrons. The number of aromatic nitrogens is 1. The standard InChI is InChI=1S/C18H15F3N2O5S/c1-26-15(24)12-7-28-9-23(14(12)16(25)27-2)11-5-3-4-10(6-11)13-8-29-17(22-13)18(19,20)21/h3-6,8H,7,9H2,1-2H3. The van der Waals surface area contributed by atoms with E-state index in [1.54, 1.807) is 24.3 Å². The van der Waals surface area contributed by atoms with Gasteiger partial charge in [0.15, 0.2) is 5.01 Å². The number of methoxy groups -OCH3 is 2. The molecule has 7 nitrogen and oxygen atoms in total. The largest absolute Gasteiger partial charge is 0.466 e. The minimum atomic E-state index is -4.53. The summed E-state index contributed by atoms with van der Waals surface area (Å²) >= 11 is 0.490. The molecule has 1 aliphatic heterocycles. The van der Waals surface area contributed by atoms with Crippen molar-refractivity contribution in [3.05, 3.63) is 45.9 Å². The summed E-state index contributed by atoms with van der Waals surface area (Å²) in [5, 5.41) is 0.341. The minimum absolute atomic E-state index is 0.0241. The highest BCUT2D eigenvalue weighted by molar-refractivity contribution is 7.10. The second kappa shape index (κ2) is 8.21. The molecule has 0 atom stereocenters. The van der Waals surface area contributed by atoms with Crippen LogP contribution in [0.4, 0.5) is 18.9 Å². The highest BCUT2D eigenvalue weighted by atomic mass is 32.1. The quantitative estimate of drug-likeness (QED) is 0.692. The van der Waals surface area contributed by atoms with Crippen molar-refractivity contribution in [2.24, 2.45) is 0 Å². The number of rotatable bonds is 4. The average Bonchev–Trinajstić information content (AvgIpc) is 3.23. The van der Waals surface area contributed by atoms with E-state index < -0.39 is 23.1 Å². The van der Waals surface area contributed by atoms with Gasteiger partial charge in [0.25, 0.3) is 0 Å². The van der Waals surface area contributed by atoms with Crippen molar-refractivity contribution in [3.63, 3.8) is 0 Å². The van der Waals surface area contributed by atoms with Gasteiger partial charge < -0.3 is 19.1 Å². The zero-order valence-corrected chi connectivity index (χ0v) is 16.1. The van der Waals surface area contributed by atoms with E-state index in [9.17, 15) is 22.8 Å². The van der Waals surface area contributed by atoms with E-state index in [2.05, 4.69) is 4.98 Å². The molecule has 0 saturated carbocycles. The number of benzene rings is 1. The predicted octanol–water partition coefficient (Wildman–Crippen LogP) is 3.22. The van der Waals surface area contributed by atoms with Gasteiger partial charge >= 0.3 is 18.1 Å².